The molecular weight excluding hydrogens is 245 g/mol. The van der Waals surface area contributed by atoms with E-state index in [1.165, 1.54) is 18.5 Å². The molecule has 2 N–H and O–H groups in total. The van der Waals surface area contributed by atoms with Crippen LogP contribution in [-0.4, -0.2) is 27.9 Å². The van der Waals surface area contributed by atoms with E-state index in [4.69, 9.17) is 5.73 Å². The SMILES string of the molecule is Cn1ncnc1CN(CCCN)c1ccc(F)cc1. The Morgan fingerprint density at radius 1 is 1.32 bits per heavy atom. The van der Waals surface area contributed by atoms with E-state index in [9.17, 15) is 4.39 Å². The molecule has 2 rings (SSSR count). The molecule has 0 saturated carbocycles. The van der Waals surface area contributed by atoms with Crippen LogP contribution >= 0.6 is 0 Å². The highest BCUT2D eigenvalue weighted by Crippen LogP contribution is 2.17. The van der Waals surface area contributed by atoms with Crippen molar-refractivity contribution in [3.8, 4) is 0 Å². The lowest BCUT2D eigenvalue weighted by molar-refractivity contribution is 0.625. The Balaban J connectivity index is 2.15. The van der Waals surface area contributed by atoms with Crippen molar-refractivity contribution in [3.05, 3.63) is 42.2 Å². The highest BCUT2D eigenvalue weighted by Gasteiger charge is 2.10. The van der Waals surface area contributed by atoms with E-state index >= 15 is 0 Å². The highest BCUT2D eigenvalue weighted by atomic mass is 19.1. The number of rotatable bonds is 6. The van der Waals surface area contributed by atoms with Gasteiger partial charge in [-0.15, -0.1) is 0 Å². The molecule has 1 aromatic heterocycles. The summed E-state index contributed by atoms with van der Waals surface area (Å²) < 4.78 is 14.7. The Labute approximate surface area is 111 Å². The van der Waals surface area contributed by atoms with Gasteiger partial charge in [0.1, 0.15) is 18.0 Å². The maximum Gasteiger partial charge on any atom is 0.146 e. The first-order chi connectivity index (χ1) is 9.20. The Hall–Kier alpha value is -1.95. The van der Waals surface area contributed by atoms with Crippen molar-refractivity contribution < 1.29 is 4.39 Å². The minimum Gasteiger partial charge on any atom is -0.364 e. The highest BCUT2D eigenvalue weighted by molar-refractivity contribution is 5.46. The average molecular weight is 263 g/mol. The summed E-state index contributed by atoms with van der Waals surface area (Å²) >= 11 is 0. The molecule has 0 spiro atoms. The molecule has 0 radical (unpaired) electrons. The van der Waals surface area contributed by atoms with Gasteiger partial charge in [-0.25, -0.2) is 9.37 Å². The molecule has 0 amide bonds. The van der Waals surface area contributed by atoms with Crippen LogP contribution in [0.4, 0.5) is 10.1 Å². The zero-order valence-electron chi connectivity index (χ0n) is 11.0. The maximum atomic E-state index is 13.0. The van der Waals surface area contributed by atoms with E-state index < -0.39 is 0 Å². The molecule has 19 heavy (non-hydrogen) atoms. The molecule has 0 aliphatic rings. The van der Waals surface area contributed by atoms with Crippen molar-refractivity contribution in [2.45, 2.75) is 13.0 Å². The molecule has 0 bridgehead atoms. The number of hydrogen-bond acceptors (Lipinski definition) is 4. The van der Waals surface area contributed by atoms with Gasteiger partial charge in [0.05, 0.1) is 6.54 Å². The molecule has 0 fully saturated rings. The van der Waals surface area contributed by atoms with Gasteiger partial charge < -0.3 is 10.6 Å². The average Bonchev–Trinajstić information content (AvgIpc) is 2.81. The Bertz CT molecular complexity index is 508. The Kier molecular flexibility index (Phi) is 4.46. The molecule has 0 saturated heterocycles. The van der Waals surface area contributed by atoms with Crippen molar-refractivity contribution in [2.24, 2.45) is 12.8 Å². The third kappa shape index (κ3) is 3.51. The second kappa shape index (κ2) is 6.29. The molecule has 0 aliphatic carbocycles. The second-order valence-corrected chi connectivity index (χ2v) is 4.34. The first-order valence-corrected chi connectivity index (χ1v) is 6.24. The van der Waals surface area contributed by atoms with E-state index in [0.717, 1.165) is 24.5 Å². The van der Waals surface area contributed by atoms with Crippen LogP contribution in [0.15, 0.2) is 30.6 Å². The summed E-state index contributed by atoms with van der Waals surface area (Å²) in [4.78, 5) is 6.33. The van der Waals surface area contributed by atoms with Gasteiger partial charge in [-0.05, 0) is 37.2 Å². The maximum absolute atomic E-state index is 13.0. The quantitative estimate of drug-likeness (QED) is 0.853. The monoisotopic (exact) mass is 263 g/mol. The number of halogens is 1. The predicted molar refractivity (Wildman–Crippen MR) is 72.1 cm³/mol. The molecule has 1 aromatic carbocycles. The molecule has 2 aromatic rings. The summed E-state index contributed by atoms with van der Waals surface area (Å²) in [5, 5.41) is 4.05. The Morgan fingerprint density at radius 2 is 2.05 bits per heavy atom. The number of aromatic nitrogens is 3. The van der Waals surface area contributed by atoms with Gasteiger partial charge in [-0.2, -0.15) is 5.10 Å². The lowest BCUT2D eigenvalue weighted by atomic mass is 10.2. The normalized spacial score (nSPS) is 10.7. The number of nitrogens with two attached hydrogens (primary N) is 1. The molecule has 0 unspecified atom stereocenters. The lowest BCUT2D eigenvalue weighted by Gasteiger charge is -2.24. The molecule has 6 heteroatoms. The molecule has 5 nitrogen and oxygen atoms in total. The zero-order valence-corrected chi connectivity index (χ0v) is 11.0. The van der Waals surface area contributed by atoms with Gasteiger partial charge in [-0.1, -0.05) is 0 Å². The van der Waals surface area contributed by atoms with Crippen LogP contribution < -0.4 is 10.6 Å². The van der Waals surface area contributed by atoms with Crippen molar-refractivity contribution >= 4 is 5.69 Å². The second-order valence-electron chi connectivity index (χ2n) is 4.34. The fraction of sp³-hybridized carbons (Fsp3) is 0.385. The van der Waals surface area contributed by atoms with Gasteiger partial charge in [-0.3, -0.25) is 4.68 Å². The largest absolute Gasteiger partial charge is 0.364 e. The van der Waals surface area contributed by atoms with Gasteiger partial charge in [0.2, 0.25) is 0 Å². The lowest BCUT2D eigenvalue weighted by Crippen LogP contribution is -2.27. The zero-order chi connectivity index (χ0) is 13.7. The van der Waals surface area contributed by atoms with E-state index in [1.807, 2.05) is 7.05 Å². The molecular formula is C13H18FN5. The third-order valence-electron chi connectivity index (χ3n) is 2.96. The van der Waals surface area contributed by atoms with Gasteiger partial charge in [0, 0.05) is 19.3 Å². The first-order valence-electron chi connectivity index (χ1n) is 6.24. The number of nitrogens with zero attached hydrogens (tertiary/aromatic N) is 4. The van der Waals surface area contributed by atoms with Gasteiger partial charge in [0.15, 0.2) is 0 Å². The predicted octanol–water partition coefficient (Wildman–Crippen LogP) is 1.31. The number of aryl methyl sites for hydroxylation is 1. The van der Waals surface area contributed by atoms with Crippen molar-refractivity contribution in [2.75, 3.05) is 18.0 Å². The molecule has 1 heterocycles. The van der Waals surface area contributed by atoms with Crippen LogP contribution in [0.2, 0.25) is 0 Å². The smallest absolute Gasteiger partial charge is 0.146 e. The number of benzene rings is 1. The fourth-order valence-corrected chi connectivity index (χ4v) is 1.87. The summed E-state index contributed by atoms with van der Waals surface area (Å²) in [6.45, 7) is 2.05. The van der Waals surface area contributed by atoms with Crippen LogP contribution in [0.5, 0.6) is 0 Å². The third-order valence-corrected chi connectivity index (χ3v) is 2.96. The number of hydrogen-bond donors (Lipinski definition) is 1. The number of anilines is 1. The summed E-state index contributed by atoms with van der Waals surface area (Å²) in [5.41, 5.74) is 6.52. The first kappa shape index (κ1) is 13.5. The van der Waals surface area contributed by atoms with Crippen molar-refractivity contribution in [1.82, 2.24) is 14.8 Å². The summed E-state index contributed by atoms with van der Waals surface area (Å²) in [5.74, 6) is 0.627. The minimum atomic E-state index is -0.235. The van der Waals surface area contributed by atoms with Crippen LogP contribution in [0.1, 0.15) is 12.2 Å². The van der Waals surface area contributed by atoms with Crippen LogP contribution in [0.25, 0.3) is 0 Å². The molecule has 0 atom stereocenters. The van der Waals surface area contributed by atoms with Crippen LogP contribution in [0, 0.1) is 5.82 Å². The van der Waals surface area contributed by atoms with Crippen LogP contribution in [-0.2, 0) is 13.6 Å². The van der Waals surface area contributed by atoms with Crippen LogP contribution in [0.3, 0.4) is 0 Å². The van der Waals surface area contributed by atoms with Gasteiger partial charge >= 0.3 is 0 Å². The Morgan fingerprint density at radius 3 is 2.63 bits per heavy atom. The van der Waals surface area contributed by atoms with E-state index in [0.29, 0.717) is 13.1 Å². The van der Waals surface area contributed by atoms with Crippen molar-refractivity contribution in [3.63, 3.8) is 0 Å². The fourth-order valence-electron chi connectivity index (χ4n) is 1.87. The standard InChI is InChI=1S/C13H18FN5/c1-18-13(16-10-17-18)9-19(8-2-7-15)12-5-3-11(14)4-6-12/h3-6,10H,2,7-9,15H2,1H3. The topological polar surface area (TPSA) is 60.0 Å². The minimum absolute atomic E-state index is 0.235. The summed E-state index contributed by atoms with van der Waals surface area (Å²) in [6, 6.07) is 6.45. The van der Waals surface area contributed by atoms with E-state index in [1.54, 1.807) is 16.8 Å². The molecule has 102 valence electrons. The van der Waals surface area contributed by atoms with E-state index in [-0.39, 0.29) is 5.82 Å². The summed E-state index contributed by atoms with van der Waals surface area (Å²) in [6.07, 6.45) is 2.40. The molecule has 0 aliphatic heterocycles. The van der Waals surface area contributed by atoms with E-state index in [2.05, 4.69) is 15.0 Å². The van der Waals surface area contributed by atoms with Gasteiger partial charge in [0.25, 0.3) is 0 Å². The van der Waals surface area contributed by atoms with Crippen molar-refractivity contribution in [1.29, 1.82) is 0 Å². The summed E-state index contributed by atoms with van der Waals surface area (Å²) in [7, 11) is 1.86.